The summed E-state index contributed by atoms with van der Waals surface area (Å²) >= 11 is 0. The fourth-order valence-corrected chi connectivity index (χ4v) is 0.813. The van der Waals surface area contributed by atoms with Gasteiger partial charge in [0.25, 0.3) is 0 Å². The fraction of sp³-hybridized carbons (Fsp3) is 0.909. The van der Waals surface area contributed by atoms with Gasteiger partial charge in [-0.15, -0.1) is 0 Å². The van der Waals surface area contributed by atoms with Gasteiger partial charge in [0, 0.05) is 13.0 Å². The predicted octanol–water partition coefficient (Wildman–Crippen LogP) is 2.93. The van der Waals surface area contributed by atoms with E-state index in [2.05, 4.69) is 13.8 Å². The summed E-state index contributed by atoms with van der Waals surface area (Å²) in [6.45, 7) is 4.56. The van der Waals surface area contributed by atoms with Crippen LogP contribution in [0.15, 0.2) is 0 Å². The van der Waals surface area contributed by atoms with Crippen molar-refractivity contribution in [2.75, 3.05) is 6.61 Å². The Labute approximate surface area is 82.4 Å². The molecule has 0 saturated heterocycles. The highest BCUT2D eigenvalue weighted by Crippen LogP contribution is 1.99. The van der Waals surface area contributed by atoms with Crippen LogP contribution < -0.4 is 0 Å². The van der Waals surface area contributed by atoms with Crippen LogP contribution >= 0.6 is 0 Å². The van der Waals surface area contributed by atoms with E-state index >= 15 is 0 Å². The first kappa shape index (κ1) is 15.1. The molecule has 1 N–H and O–H groups in total. The minimum atomic E-state index is 0.344. The Morgan fingerprint density at radius 2 is 1.62 bits per heavy atom. The van der Waals surface area contributed by atoms with Crippen LogP contribution in [0.2, 0.25) is 0 Å². The van der Waals surface area contributed by atoms with Crippen molar-refractivity contribution in [1.82, 2.24) is 0 Å². The number of hydrogen-bond donors (Lipinski definition) is 1. The molecule has 2 heteroatoms. The smallest absolute Gasteiger partial charge is 0.119 e. The number of carbonyl (C=O) groups is 1. The molecular formula is C11H24O2. The molecule has 0 aliphatic carbocycles. The van der Waals surface area contributed by atoms with E-state index in [1.807, 2.05) is 0 Å². The normalized spacial score (nSPS) is 8.85. The van der Waals surface area contributed by atoms with Crippen molar-refractivity contribution in [3.63, 3.8) is 0 Å². The molecule has 0 spiro atoms. The molecule has 0 aromatic heterocycles. The minimum Gasteiger partial charge on any atom is -0.396 e. The van der Waals surface area contributed by atoms with E-state index in [4.69, 9.17) is 5.11 Å². The maximum Gasteiger partial charge on any atom is 0.119 e. The zero-order valence-electron chi connectivity index (χ0n) is 9.09. The summed E-state index contributed by atoms with van der Waals surface area (Å²) in [4.78, 5) is 9.77. The molecule has 0 aromatic rings. The van der Waals surface area contributed by atoms with Gasteiger partial charge in [0.2, 0.25) is 0 Å². The Balaban J connectivity index is 0. The molecule has 0 aliphatic heterocycles. The number of carbonyl (C=O) groups excluding carboxylic acids is 1. The zero-order valence-corrected chi connectivity index (χ0v) is 9.09. The topological polar surface area (TPSA) is 37.3 Å². The van der Waals surface area contributed by atoms with Crippen molar-refractivity contribution in [1.29, 1.82) is 0 Å². The Hall–Kier alpha value is -0.370. The highest BCUT2D eigenvalue weighted by molar-refractivity contribution is 5.48. The molecule has 0 rings (SSSR count). The van der Waals surface area contributed by atoms with E-state index in [-0.39, 0.29) is 0 Å². The predicted molar refractivity (Wildman–Crippen MR) is 56.8 cm³/mol. The lowest BCUT2D eigenvalue weighted by Gasteiger charge is -1.90. The molecule has 0 aromatic carbocycles. The van der Waals surface area contributed by atoms with Crippen molar-refractivity contribution < 1.29 is 9.90 Å². The Kier molecular flexibility index (Phi) is 20.5. The molecule has 0 bridgehead atoms. The molecular weight excluding hydrogens is 164 g/mol. The second-order valence-electron chi connectivity index (χ2n) is 3.09. The molecule has 0 unspecified atom stereocenters. The summed E-state index contributed by atoms with van der Waals surface area (Å²) in [5.74, 6) is 0. The van der Waals surface area contributed by atoms with Gasteiger partial charge in [-0.25, -0.2) is 0 Å². The molecule has 0 aliphatic rings. The lowest BCUT2D eigenvalue weighted by molar-refractivity contribution is -0.107. The highest BCUT2D eigenvalue weighted by atomic mass is 16.2. The van der Waals surface area contributed by atoms with Crippen LogP contribution in [0.4, 0.5) is 0 Å². The SMILES string of the molecule is CCCCCCC=O.CCCCO. The minimum absolute atomic E-state index is 0.344. The number of rotatable bonds is 7. The third-order valence-corrected chi connectivity index (χ3v) is 1.69. The van der Waals surface area contributed by atoms with Gasteiger partial charge >= 0.3 is 0 Å². The summed E-state index contributed by atoms with van der Waals surface area (Å²) < 4.78 is 0. The average Bonchev–Trinajstić information content (AvgIpc) is 2.15. The van der Waals surface area contributed by atoms with E-state index in [1.54, 1.807) is 0 Å². The second kappa shape index (κ2) is 17.6. The van der Waals surface area contributed by atoms with E-state index in [9.17, 15) is 4.79 Å². The van der Waals surface area contributed by atoms with Crippen LogP contribution in [-0.2, 0) is 4.79 Å². The monoisotopic (exact) mass is 188 g/mol. The number of unbranched alkanes of at least 4 members (excludes halogenated alkanes) is 5. The van der Waals surface area contributed by atoms with Crippen molar-refractivity contribution in [3.05, 3.63) is 0 Å². The second-order valence-corrected chi connectivity index (χ2v) is 3.09. The van der Waals surface area contributed by atoms with Gasteiger partial charge in [0.15, 0.2) is 0 Å². The largest absolute Gasteiger partial charge is 0.396 e. The molecule has 0 heterocycles. The van der Waals surface area contributed by atoms with Crippen molar-refractivity contribution >= 4 is 6.29 Å². The van der Waals surface area contributed by atoms with Gasteiger partial charge in [-0.2, -0.15) is 0 Å². The van der Waals surface area contributed by atoms with Crippen LogP contribution in [0.25, 0.3) is 0 Å². The zero-order chi connectivity index (χ0) is 10.4. The van der Waals surface area contributed by atoms with E-state index in [0.29, 0.717) is 6.61 Å². The summed E-state index contributed by atoms with van der Waals surface area (Å²) in [5.41, 5.74) is 0. The third-order valence-electron chi connectivity index (χ3n) is 1.69. The first-order chi connectivity index (χ1) is 6.33. The standard InChI is InChI=1S/C7H14O.C4H10O/c1-2-3-4-5-6-7-8;1-2-3-4-5/h7H,2-6H2,1H3;5H,2-4H2,1H3. The number of aliphatic hydroxyl groups is 1. The molecule has 2 nitrogen and oxygen atoms in total. The van der Waals surface area contributed by atoms with Crippen molar-refractivity contribution in [3.8, 4) is 0 Å². The Bertz CT molecular complexity index is 80.2. The average molecular weight is 188 g/mol. The molecule has 13 heavy (non-hydrogen) atoms. The lowest BCUT2D eigenvalue weighted by Crippen LogP contribution is -1.76. The molecule has 80 valence electrons. The van der Waals surface area contributed by atoms with Gasteiger partial charge in [-0.05, 0) is 12.8 Å². The maximum absolute atomic E-state index is 9.77. The summed E-state index contributed by atoms with van der Waals surface area (Å²) in [7, 11) is 0. The Morgan fingerprint density at radius 3 is 1.92 bits per heavy atom. The van der Waals surface area contributed by atoms with Crippen LogP contribution in [0.3, 0.4) is 0 Å². The third kappa shape index (κ3) is 24.5. The molecule has 0 amide bonds. The first-order valence-corrected chi connectivity index (χ1v) is 5.37. The molecule has 0 fully saturated rings. The van der Waals surface area contributed by atoms with E-state index < -0.39 is 0 Å². The van der Waals surface area contributed by atoms with Crippen LogP contribution in [0.1, 0.15) is 58.8 Å². The van der Waals surface area contributed by atoms with Gasteiger partial charge in [-0.3, -0.25) is 0 Å². The first-order valence-electron chi connectivity index (χ1n) is 5.37. The highest BCUT2D eigenvalue weighted by Gasteiger charge is 1.83. The number of aldehydes is 1. The quantitative estimate of drug-likeness (QED) is 0.492. The van der Waals surface area contributed by atoms with Gasteiger partial charge < -0.3 is 9.90 Å². The van der Waals surface area contributed by atoms with E-state index in [0.717, 1.165) is 32.0 Å². The number of hydrogen-bond acceptors (Lipinski definition) is 2. The molecule has 0 saturated carbocycles. The maximum atomic E-state index is 9.77. The Morgan fingerprint density at radius 1 is 1.00 bits per heavy atom. The summed E-state index contributed by atoms with van der Waals surface area (Å²) in [5, 5.41) is 8.07. The van der Waals surface area contributed by atoms with E-state index in [1.165, 1.54) is 19.3 Å². The van der Waals surface area contributed by atoms with Crippen LogP contribution in [-0.4, -0.2) is 18.0 Å². The van der Waals surface area contributed by atoms with Gasteiger partial charge in [-0.1, -0.05) is 39.5 Å². The van der Waals surface area contributed by atoms with Gasteiger partial charge in [0.05, 0.1) is 0 Å². The number of aliphatic hydroxyl groups excluding tert-OH is 1. The van der Waals surface area contributed by atoms with Crippen molar-refractivity contribution in [2.45, 2.75) is 58.8 Å². The molecule has 0 atom stereocenters. The van der Waals surface area contributed by atoms with Crippen LogP contribution in [0, 0.1) is 0 Å². The van der Waals surface area contributed by atoms with Crippen LogP contribution in [0.5, 0.6) is 0 Å². The lowest BCUT2D eigenvalue weighted by atomic mass is 10.2. The van der Waals surface area contributed by atoms with Crippen molar-refractivity contribution in [2.24, 2.45) is 0 Å². The fourth-order valence-electron chi connectivity index (χ4n) is 0.813. The summed E-state index contributed by atoms with van der Waals surface area (Å²) in [6.07, 6.45) is 8.60. The molecule has 0 radical (unpaired) electrons. The van der Waals surface area contributed by atoms with Gasteiger partial charge in [0.1, 0.15) is 6.29 Å². The summed E-state index contributed by atoms with van der Waals surface area (Å²) in [6, 6.07) is 0.